The number of benzene rings is 2. The molecule has 4 rings (SSSR count). The van der Waals surface area contributed by atoms with Crippen molar-refractivity contribution in [3.05, 3.63) is 75.3 Å². The Morgan fingerprint density at radius 3 is 2.71 bits per heavy atom. The van der Waals surface area contributed by atoms with Crippen molar-refractivity contribution in [3.8, 4) is 11.3 Å². The fraction of sp³-hybridized carbons (Fsp3) is 0.143. The average molecular weight is 430 g/mol. The topological polar surface area (TPSA) is 46.4 Å². The molecule has 0 aliphatic carbocycles. The van der Waals surface area contributed by atoms with Crippen molar-refractivity contribution in [1.82, 2.24) is 9.38 Å². The van der Waals surface area contributed by atoms with Crippen LogP contribution in [0.5, 0.6) is 0 Å². The number of aromatic nitrogens is 2. The molecular weight excluding hydrogens is 413 g/mol. The standard InChI is InChI=1S/C21H17Cl2N3OS/c1-2-13-3-5-14(6-4-13)19-11-26-16(12-28-21(26)25-19)10-20(27)24-18-9-15(22)7-8-17(18)23/h3-9,11-12H,2,10H2,1H3,(H,24,27). The Morgan fingerprint density at radius 2 is 1.96 bits per heavy atom. The van der Waals surface area contributed by atoms with E-state index in [4.69, 9.17) is 23.2 Å². The summed E-state index contributed by atoms with van der Waals surface area (Å²) in [6.07, 6.45) is 3.20. The van der Waals surface area contributed by atoms with E-state index >= 15 is 0 Å². The van der Waals surface area contributed by atoms with Crippen molar-refractivity contribution in [2.75, 3.05) is 5.32 Å². The van der Waals surface area contributed by atoms with E-state index in [9.17, 15) is 4.79 Å². The maximum atomic E-state index is 12.5. The summed E-state index contributed by atoms with van der Waals surface area (Å²) in [7, 11) is 0. The second kappa shape index (κ2) is 7.95. The molecule has 0 aliphatic rings. The predicted octanol–water partition coefficient (Wildman–Crippen LogP) is 6.11. The van der Waals surface area contributed by atoms with Crippen LogP contribution in [-0.2, 0) is 17.6 Å². The Morgan fingerprint density at radius 1 is 1.18 bits per heavy atom. The quantitative estimate of drug-likeness (QED) is 0.415. The van der Waals surface area contributed by atoms with E-state index < -0.39 is 0 Å². The molecule has 0 radical (unpaired) electrons. The molecule has 0 spiro atoms. The molecule has 0 aliphatic heterocycles. The van der Waals surface area contributed by atoms with E-state index in [1.165, 1.54) is 16.9 Å². The van der Waals surface area contributed by atoms with Crippen LogP contribution in [0.2, 0.25) is 10.0 Å². The third kappa shape index (κ3) is 3.92. The predicted molar refractivity (Wildman–Crippen MR) is 117 cm³/mol. The van der Waals surface area contributed by atoms with Crippen molar-refractivity contribution >= 4 is 51.1 Å². The van der Waals surface area contributed by atoms with Crippen LogP contribution >= 0.6 is 34.5 Å². The molecule has 1 amide bonds. The molecule has 4 nitrogen and oxygen atoms in total. The first-order chi connectivity index (χ1) is 13.5. The second-order valence-electron chi connectivity index (χ2n) is 6.41. The monoisotopic (exact) mass is 429 g/mol. The van der Waals surface area contributed by atoms with Gasteiger partial charge in [0.1, 0.15) is 0 Å². The van der Waals surface area contributed by atoms with E-state index in [0.29, 0.717) is 15.7 Å². The van der Waals surface area contributed by atoms with Crippen molar-refractivity contribution < 1.29 is 4.79 Å². The maximum absolute atomic E-state index is 12.5. The van der Waals surface area contributed by atoms with Crippen LogP contribution in [0.4, 0.5) is 5.69 Å². The summed E-state index contributed by atoms with van der Waals surface area (Å²) in [5.41, 5.74) is 4.64. The van der Waals surface area contributed by atoms with Gasteiger partial charge in [-0.1, -0.05) is 54.4 Å². The van der Waals surface area contributed by atoms with Crippen LogP contribution in [0.3, 0.4) is 0 Å². The number of imidazole rings is 1. The van der Waals surface area contributed by atoms with Gasteiger partial charge in [-0.05, 0) is 30.2 Å². The molecule has 0 saturated heterocycles. The van der Waals surface area contributed by atoms with Crippen LogP contribution < -0.4 is 5.32 Å². The van der Waals surface area contributed by atoms with E-state index in [1.54, 1.807) is 18.2 Å². The molecule has 28 heavy (non-hydrogen) atoms. The number of amides is 1. The van der Waals surface area contributed by atoms with Gasteiger partial charge in [0.2, 0.25) is 5.91 Å². The number of aryl methyl sites for hydroxylation is 1. The lowest BCUT2D eigenvalue weighted by molar-refractivity contribution is -0.115. The SMILES string of the molecule is CCc1ccc(-c2cn3c(CC(=O)Nc4cc(Cl)ccc4Cl)csc3n2)cc1. The number of thiazole rings is 1. The van der Waals surface area contributed by atoms with Gasteiger partial charge >= 0.3 is 0 Å². The minimum atomic E-state index is -0.161. The first kappa shape index (κ1) is 19.0. The lowest BCUT2D eigenvalue weighted by Crippen LogP contribution is -2.15. The number of hydrogen-bond donors (Lipinski definition) is 1. The third-order valence-electron chi connectivity index (χ3n) is 4.49. The molecule has 142 valence electrons. The fourth-order valence-corrected chi connectivity index (χ4v) is 4.17. The Balaban J connectivity index is 1.55. The van der Waals surface area contributed by atoms with Crippen LogP contribution in [0, 0.1) is 0 Å². The molecule has 2 aromatic heterocycles. The smallest absolute Gasteiger partial charge is 0.230 e. The number of carbonyl (C=O) groups is 1. The lowest BCUT2D eigenvalue weighted by Gasteiger charge is -2.07. The average Bonchev–Trinajstić information content (AvgIpc) is 3.27. The molecule has 0 atom stereocenters. The Kier molecular flexibility index (Phi) is 5.40. The van der Waals surface area contributed by atoms with Crippen molar-refractivity contribution in [2.24, 2.45) is 0 Å². The van der Waals surface area contributed by atoms with Gasteiger partial charge in [-0.25, -0.2) is 4.98 Å². The summed E-state index contributed by atoms with van der Waals surface area (Å²) >= 11 is 13.6. The van der Waals surface area contributed by atoms with Crippen molar-refractivity contribution in [2.45, 2.75) is 19.8 Å². The summed E-state index contributed by atoms with van der Waals surface area (Å²) in [6.45, 7) is 2.13. The van der Waals surface area contributed by atoms with Gasteiger partial charge in [0.25, 0.3) is 0 Å². The largest absolute Gasteiger partial charge is 0.324 e. The highest BCUT2D eigenvalue weighted by Crippen LogP contribution is 2.27. The highest BCUT2D eigenvalue weighted by molar-refractivity contribution is 7.15. The molecule has 4 aromatic rings. The highest BCUT2D eigenvalue weighted by Gasteiger charge is 2.14. The number of rotatable bonds is 5. The zero-order valence-corrected chi connectivity index (χ0v) is 17.4. The molecule has 2 aromatic carbocycles. The van der Waals surface area contributed by atoms with Gasteiger partial charge in [0.15, 0.2) is 4.96 Å². The van der Waals surface area contributed by atoms with Gasteiger partial charge in [-0.15, -0.1) is 11.3 Å². The van der Waals surface area contributed by atoms with Gasteiger partial charge < -0.3 is 5.32 Å². The minimum absolute atomic E-state index is 0.161. The maximum Gasteiger partial charge on any atom is 0.230 e. The van der Waals surface area contributed by atoms with E-state index in [0.717, 1.165) is 28.3 Å². The molecule has 0 bridgehead atoms. The Bertz CT molecular complexity index is 1150. The zero-order chi connectivity index (χ0) is 19.7. The van der Waals surface area contributed by atoms with Gasteiger partial charge in [0, 0.05) is 27.9 Å². The number of halogens is 2. The molecule has 2 heterocycles. The number of anilines is 1. The van der Waals surface area contributed by atoms with Crippen LogP contribution in [0.25, 0.3) is 16.2 Å². The summed E-state index contributed by atoms with van der Waals surface area (Å²) in [4.78, 5) is 18.0. The minimum Gasteiger partial charge on any atom is -0.324 e. The summed E-state index contributed by atoms with van der Waals surface area (Å²) in [5, 5.41) is 5.74. The molecular formula is C21H17Cl2N3OS. The molecule has 0 fully saturated rings. The lowest BCUT2D eigenvalue weighted by atomic mass is 10.1. The molecule has 0 saturated carbocycles. The highest BCUT2D eigenvalue weighted by atomic mass is 35.5. The first-order valence-corrected chi connectivity index (χ1v) is 10.5. The van der Waals surface area contributed by atoms with Crippen LogP contribution in [0.15, 0.2) is 54.0 Å². The van der Waals surface area contributed by atoms with Crippen molar-refractivity contribution in [1.29, 1.82) is 0 Å². The zero-order valence-electron chi connectivity index (χ0n) is 15.1. The number of nitrogens with zero attached hydrogens (tertiary/aromatic N) is 2. The van der Waals surface area contributed by atoms with Gasteiger partial charge in [-0.2, -0.15) is 0 Å². The summed E-state index contributed by atoms with van der Waals surface area (Å²) in [6, 6.07) is 13.4. The van der Waals surface area contributed by atoms with E-state index in [1.807, 2.05) is 16.0 Å². The van der Waals surface area contributed by atoms with Crippen LogP contribution in [0.1, 0.15) is 18.2 Å². The normalized spacial score (nSPS) is 11.1. The van der Waals surface area contributed by atoms with Crippen LogP contribution in [-0.4, -0.2) is 15.3 Å². The van der Waals surface area contributed by atoms with E-state index in [2.05, 4.69) is 41.5 Å². The number of carbonyl (C=O) groups excluding carboxylic acids is 1. The summed E-state index contributed by atoms with van der Waals surface area (Å²) in [5.74, 6) is -0.161. The molecule has 0 unspecified atom stereocenters. The molecule has 7 heteroatoms. The Hall–Kier alpha value is -2.34. The third-order valence-corrected chi connectivity index (χ3v) is 5.94. The van der Waals surface area contributed by atoms with Gasteiger partial charge in [-0.3, -0.25) is 9.20 Å². The summed E-state index contributed by atoms with van der Waals surface area (Å²) < 4.78 is 1.97. The van der Waals surface area contributed by atoms with Gasteiger partial charge in [0.05, 0.1) is 22.8 Å². The van der Waals surface area contributed by atoms with Crippen molar-refractivity contribution in [3.63, 3.8) is 0 Å². The number of nitrogens with one attached hydrogen (secondary N) is 1. The first-order valence-electron chi connectivity index (χ1n) is 8.83. The van der Waals surface area contributed by atoms with E-state index in [-0.39, 0.29) is 12.3 Å². The fourth-order valence-electron chi connectivity index (χ4n) is 2.96. The Labute approximate surface area is 176 Å². The number of hydrogen-bond acceptors (Lipinski definition) is 3. The second-order valence-corrected chi connectivity index (χ2v) is 8.09. The molecule has 1 N–H and O–H groups in total. The number of fused-ring (bicyclic) bond motifs is 1.